The Kier molecular flexibility index (Phi) is 9.42. The highest BCUT2D eigenvalue weighted by Gasteiger charge is 2.23. The Bertz CT molecular complexity index is 780. The van der Waals surface area contributed by atoms with Crippen molar-refractivity contribution >= 4 is 45.9 Å². The number of aromatic nitrogens is 1. The zero-order valence-electron chi connectivity index (χ0n) is 17.6. The molecule has 3 rings (SSSR count). The summed E-state index contributed by atoms with van der Waals surface area (Å²) in [6.07, 6.45) is 0.890. The Balaban J connectivity index is 0.00000300. The third-order valence-electron chi connectivity index (χ3n) is 5.57. The van der Waals surface area contributed by atoms with E-state index >= 15 is 0 Å². The molecule has 2 heterocycles. The Morgan fingerprint density at radius 1 is 1.21 bits per heavy atom. The molecule has 1 fully saturated rings. The quantitative estimate of drug-likeness (QED) is 0.329. The number of nitrogens with one attached hydrogen (secondary N) is 1. The average molecular weight is 576 g/mol. The second-order valence-electron chi connectivity index (χ2n) is 7.28. The third-order valence-corrected chi connectivity index (χ3v) is 6.09. The van der Waals surface area contributed by atoms with Gasteiger partial charge in [-0.1, -0.05) is 33.2 Å². The molecule has 6 nitrogen and oxygen atoms in total. The maximum absolute atomic E-state index is 5.25. The van der Waals surface area contributed by atoms with Crippen LogP contribution in [-0.2, 0) is 6.42 Å². The van der Waals surface area contributed by atoms with Crippen LogP contribution >= 0.6 is 39.9 Å². The first-order chi connectivity index (χ1) is 13.5. The van der Waals surface area contributed by atoms with Crippen molar-refractivity contribution in [2.24, 2.45) is 4.99 Å². The lowest BCUT2D eigenvalue weighted by atomic mass is 10.1. The summed E-state index contributed by atoms with van der Waals surface area (Å²) < 4.78 is 6.37. The summed E-state index contributed by atoms with van der Waals surface area (Å²) in [5.74, 6) is 1.88. The Labute approximate surface area is 199 Å². The molecule has 160 valence electrons. The minimum absolute atomic E-state index is 0. The minimum Gasteiger partial charge on any atom is -0.361 e. The van der Waals surface area contributed by atoms with Crippen LogP contribution in [-0.4, -0.2) is 60.7 Å². The van der Waals surface area contributed by atoms with Crippen LogP contribution in [0.2, 0.25) is 0 Å². The number of aryl methyl sites for hydroxylation is 2. The summed E-state index contributed by atoms with van der Waals surface area (Å²) in [5.41, 5.74) is 3.53. The molecule has 0 radical (unpaired) electrons. The summed E-state index contributed by atoms with van der Waals surface area (Å²) in [4.78, 5) is 9.37. The van der Waals surface area contributed by atoms with E-state index in [-0.39, 0.29) is 24.0 Å². The van der Waals surface area contributed by atoms with Gasteiger partial charge in [0.1, 0.15) is 5.76 Å². The predicted molar refractivity (Wildman–Crippen MR) is 132 cm³/mol. The monoisotopic (exact) mass is 575 g/mol. The fourth-order valence-corrected chi connectivity index (χ4v) is 4.03. The molecule has 29 heavy (non-hydrogen) atoms. The van der Waals surface area contributed by atoms with Gasteiger partial charge in [-0.05, 0) is 44.9 Å². The number of piperazine rings is 1. The number of halogens is 2. The van der Waals surface area contributed by atoms with E-state index in [4.69, 9.17) is 4.52 Å². The van der Waals surface area contributed by atoms with Gasteiger partial charge in [0.25, 0.3) is 0 Å². The number of hydrogen-bond acceptors (Lipinski definition) is 4. The molecule has 1 N–H and O–H groups in total. The van der Waals surface area contributed by atoms with E-state index in [1.807, 2.05) is 20.9 Å². The molecule has 1 unspecified atom stereocenters. The van der Waals surface area contributed by atoms with Crippen molar-refractivity contribution in [1.29, 1.82) is 0 Å². The number of guanidine groups is 1. The lowest BCUT2D eigenvalue weighted by molar-refractivity contribution is 0.138. The van der Waals surface area contributed by atoms with Gasteiger partial charge < -0.3 is 14.7 Å². The van der Waals surface area contributed by atoms with Gasteiger partial charge in [-0.3, -0.25) is 9.89 Å². The summed E-state index contributed by atoms with van der Waals surface area (Å²) in [5, 5.41) is 7.52. The smallest absolute Gasteiger partial charge is 0.193 e. The Morgan fingerprint density at radius 3 is 2.41 bits per heavy atom. The van der Waals surface area contributed by atoms with Gasteiger partial charge in [0.05, 0.1) is 5.69 Å². The summed E-state index contributed by atoms with van der Waals surface area (Å²) in [6, 6.07) is 9.07. The molecule has 0 saturated carbocycles. The van der Waals surface area contributed by atoms with Crippen molar-refractivity contribution in [3.8, 4) is 0 Å². The van der Waals surface area contributed by atoms with Crippen molar-refractivity contribution in [2.45, 2.75) is 33.2 Å². The van der Waals surface area contributed by atoms with Crippen LogP contribution in [0.3, 0.4) is 0 Å². The minimum atomic E-state index is 0. The van der Waals surface area contributed by atoms with Crippen LogP contribution in [0.5, 0.6) is 0 Å². The molecule has 0 spiro atoms. The molecule has 8 heteroatoms. The first-order valence-corrected chi connectivity index (χ1v) is 10.7. The normalized spacial score (nSPS) is 16.4. The highest BCUT2D eigenvalue weighted by molar-refractivity contribution is 14.0. The van der Waals surface area contributed by atoms with E-state index in [2.05, 4.69) is 72.4 Å². The standard InChI is InChI=1S/C21H30BrN5O.HI/c1-15-20(17(3)28-25-15)9-10-24-21(23-4)27-13-11-26(12-14-27)16(2)18-5-7-19(22)8-6-18;/h5-8,16H,9-14H2,1-4H3,(H,23,24);1H. The van der Waals surface area contributed by atoms with Crippen LogP contribution in [0.4, 0.5) is 0 Å². The van der Waals surface area contributed by atoms with E-state index in [0.717, 1.165) is 61.0 Å². The topological polar surface area (TPSA) is 56.9 Å². The molecule has 1 aliphatic rings. The highest BCUT2D eigenvalue weighted by Crippen LogP contribution is 2.23. The van der Waals surface area contributed by atoms with Crippen molar-refractivity contribution in [1.82, 2.24) is 20.3 Å². The number of aliphatic imine (C=N–C) groups is 1. The van der Waals surface area contributed by atoms with Gasteiger partial charge in [0.15, 0.2) is 5.96 Å². The van der Waals surface area contributed by atoms with Crippen molar-refractivity contribution in [3.05, 3.63) is 51.3 Å². The maximum atomic E-state index is 5.25. The molecule has 0 aliphatic carbocycles. The van der Waals surface area contributed by atoms with Gasteiger partial charge >= 0.3 is 0 Å². The van der Waals surface area contributed by atoms with Crippen LogP contribution in [0.25, 0.3) is 0 Å². The summed E-state index contributed by atoms with van der Waals surface area (Å²) >= 11 is 3.51. The first-order valence-electron chi connectivity index (χ1n) is 9.86. The second-order valence-corrected chi connectivity index (χ2v) is 8.19. The highest BCUT2D eigenvalue weighted by atomic mass is 127. The number of hydrogen-bond donors (Lipinski definition) is 1. The van der Waals surface area contributed by atoms with Crippen LogP contribution in [0.15, 0.2) is 38.3 Å². The van der Waals surface area contributed by atoms with E-state index in [9.17, 15) is 0 Å². The van der Waals surface area contributed by atoms with E-state index in [0.29, 0.717) is 6.04 Å². The SMILES string of the molecule is CN=C(NCCc1c(C)noc1C)N1CCN(C(C)c2ccc(Br)cc2)CC1.I. The van der Waals surface area contributed by atoms with Gasteiger partial charge in [-0.15, -0.1) is 24.0 Å². The molecule has 1 aromatic carbocycles. The first kappa shape index (κ1) is 24.1. The molecule has 0 amide bonds. The predicted octanol–water partition coefficient (Wildman–Crippen LogP) is 4.17. The van der Waals surface area contributed by atoms with E-state index in [1.165, 1.54) is 11.1 Å². The van der Waals surface area contributed by atoms with Gasteiger partial charge in [-0.25, -0.2) is 0 Å². The molecule has 1 aliphatic heterocycles. The molecule has 1 atom stereocenters. The van der Waals surface area contributed by atoms with Crippen molar-refractivity contribution in [3.63, 3.8) is 0 Å². The fraction of sp³-hybridized carbons (Fsp3) is 0.524. The van der Waals surface area contributed by atoms with E-state index < -0.39 is 0 Å². The summed E-state index contributed by atoms with van der Waals surface area (Å²) in [7, 11) is 1.86. The third kappa shape index (κ3) is 6.18. The van der Waals surface area contributed by atoms with E-state index in [1.54, 1.807) is 0 Å². The van der Waals surface area contributed by atoms with Crippen LogP contribution in [0, 0.1) is 13.8 Å². The zero-order chi connectivity index (χ0) is 20.1. The summed E-state index contributed by atoms with van der Waals surface area (Å²) in [6.45, 7) is 11.1. The maximum Gasteiger partial charge on any atom is 0.193 e. The lowest BCUT2D eigenvalue weighted by Crippen LogP contribution is -2.53. The van der Waals surface area contributed by atoms with Gasteiger partial charge in [-0.2, -0.15) is 0 Å². The second kappa shape index (κ2) is 11.3. The molecule has 2 aromatic rings. The van der Waals surface area contributed by atoms with Crippen molar-refractivity contribution < 1.29 is 4.52 Å². The molecule has 1 aromatic heterocycles. The van der Waals surface area contributed by atoms with Crippen LogP contribution < -0.4 is 5.32 Å². The Morgan fingerprint density at radius 2 is 1.86 bits per heavy atom. The molecular formula is C21H31BrIN5O. The zero-order valence-corrected chi connectivity index (χ0v) is 21.5. The average Bonchev–Trinajstić information content (AvgIpc) is 3.03. The number of benzene rings is 1. The van der Waals surface area contributed by atoms with Gasteiger partial charge in [0, 0.05) is 55.8 Å². The number of nitrogens with zero attached hydrogens (tertiary/aromatic N) is 4. The lowest BCUT2D eigenvalue weighted by Gasteiger charge is -2.39. The molecule has 1 saturated heterocycles. The molecular weight excluding hydrogens is 545 g/mol. The largest absolute Gasteiger partial charge is 0.361 e. The van der Waals surface area contributed by atoms with Gasteiger partial charge in [0.2, 0.25) is 0 Å². The fourth-order valence-electron chi connectivity index (χ4n) is 3.76. The number of rotatable bonds is 5. The van der Waals surface area contributed by atoms with Crippen molar-refractivity contribution in [2.75, 3.05) is 39.8 Å². The van der Waals surface area contributed by atoms with Crippen LogP contribution in [0.1, 0.15) is 35.5 Å². The Hall–Kier alpha value is -1.13. The molecule has 0 bridgehead atoms.